The maximum atomic E-state index is 15.3. The number of nitrogens with one attached hydrogen (secondary N) is 5. The predicted octanol–water partition coefficient (Wildman–Crippen LogP) is 10.4. The van der Waals surface area contributed by atoms with Crippen molar-refractivity contribution in [2.24, 2.45) is 4.99 Å². The van der Waals surface area contributed by atoms with Gasteiger partial charge in [0.05, 0.1) is 35.4 Å². The summed E-state index contributed by atoms with van der Waals surface area (Å²) in [4.78, 5) is 45.0. The van der Waals surface area contributed by atoms with Crippen LogP contribution in [0, 0.1) is 0 Å². The van der Waals surface area contributed by atoms with Gasteiger partial charge in [-0.3, -0.25) is 14.4 Å². The zero-order valence-corrected chi connectivity index (χ0v) is 46.3. The number of anilines is 3. The summed E-state index contributed by atoms with van der Waals surface area (Å²) in [5.41, 5.74) is -4.75. The van der Waals surface area contributed by atoms with Crippen LogP contribution in [0.1, 0.15) is 66.3 Å². The van der Waals surface area contributed by atoms with E-state index in [9.17, 15) is 57.9 Å². The number of carbonyl (C=O) groups is 3. The Labute approximate surface area is 485 Å². The molecule has 0 saturated heterocycles. The number of allylic oxidation sites excluding steroid dienone is 2. The number of rotatable bonds is 15. The topological polar surface area (TPSA) is 231 Å². The first-order chi connectivity index (χ1) is 41.0. The van der Waals surface area contributed by atoms with E-state index in [2.05, 4.69) is 16.0 Å². The van der Waals surface area contributed by atoms with Crippen LogP contribution in [-0.4, -0.2) is 63.8 Å². The number of alkyl halides is 6. The van der Waals surface area contributed by atoms with Crippen molar-refractivity contribution in [3.05, 3.63) is 190 Å². The molecular weight excluding hydrogens is 1170 g/mol. The highest BCUT2D eigenvalue weighted by Gasteiger charge is 2.51. The molecule has 2 spiro atoms. The van der Waals surface area contributed by atoms with E-state index in [1.165, 1.54) is 0 Å². The Kier molecular flexibility index (Phi) is 13.0. The lowest BCUT2D eigenvalue weighted by Crippen LogP contribution is -2.45. The average Bonchev–Trinajstić information content (AvgIpc) is 1.37. The van der Waals surface area contributed by atoms with Gasteiger partial charge in [-0.05, 0) is 95.1 Å². The smallest absolute Gasteiger partial charge is 0.506 e. The molecule has 5 aliphatic rings. The normalized spacial score (nSPS) is 18.5. The molecule has 8 aromatic rings. The van der Waals surface area contributed by atoms with E-state index in [0.717, 1.165) is 70.2 Å². The molecule has 86 heavy (non-hydrogen) atoms. The Morgan fingerprint density at radius 3 is 1.65 bits per heavy atom. The molecule has 13 rings (SSSR count). The van der Waals surface area contributed by atoms with Crippen LogP contribution < -0.4 is 45.4 Å². The fourth-order valence-electron chi connectivity index (χ4n) is 12.2. The number of benzene rings is 8. The van der Waals surface area contributed by atoms with Crippen LogP contribution in [0.2, 0.25) is 0 Å². The van der Waals surface area contributed by atoms with Gasteiger partial charge in [0.25, 0.3) is 0 Å². The minimum atomic E-state index is -5.83. The Balaban J connectivity index is 0.845. The number of fused-ring (bicyclic) bond motifs is 10. The molecule has 2 aliphatic heterocycles. The molecular formula is C62H46F6N6O10S2. The van der Waals surface area contributed by atoms with Crippen molar-refractivity contribution >= 4 is 87.4 Å². The van der Waals surface area contributed by atoms with Crippen LogP contribution in [0.15, 0.2) is 156 Å². The summed E-state index contributed by atoms with van der Waals surface area (Å²) in [6.45, 7) is 0.0688. The van der Waals surface area contributed by atoms with E-state index in [1.807, 2.05) is 121 Å². The number of nitrogens with zero attached hydrogens (tertiary/aromatic N) is 1. The number of hydrogen-bond donors (Lipinski definition) is 6. The summed E-state index contributed by atoms with van der Waals surface area (Å²) in [6.07, 6.45) is -0.520. The van der Waals surface area contributed by atoms with Gasteiger partial charge in [-0.2, -0.15) is 43.2 Å². The van der Waals surface area contributed by atoms with Gasteiger partial charge in [0, 0.05) is 68.0 Å². The quantitative estimate of drug-likeness (QED) is 0.0415. The van der Waals surface area contributed by atoms with E-state index in [4.69, 9.17) is 14.5 Å². The average molecular weight is 1210 g/mol. The number of hydrogen-bond acceptors (Lipinski definition) is 14. The van der Waals surface area contributed by atoms with Crippen molar-refractivity contribution in [3.8, 4) is 33.8 Å². The summed E-state index contributed by atoms with van der Waals surface area (Å²) < 4.78 is 137. The van der Waals surface area contributed by atoms with Crippen LogP contribution >= 0.6 is 0 Å². The van der Waals surface area contributed by atoms with Crippen LogP contribution in [-0.2, 0) is 45.8 Å². The fraction of sp³-hybridized carbons (Fsp3) is 0.194. The second-order valence-corrected chi connectivity index (χ2v) is 24.5. The van der Waals surface area contributed by atoms with Crippen molar-refractivity contribution in [3.63, 3.8) is 0 Å². The van der Waals surface area contributed by atoms with Gasteiger partial charge >= 0.3 is 31.1 Å². The fourth-order valence-corrected chi connectivity index (χ4v) is 13.2. The summed E-state index contributed by atoms with van der Waals surface area (Å²) in [5.74, 6) is -2.45. The number of aliphatic hydroxyl groups excluding tert-OH is 1. The Morgan fingerprint density at radius 2 is 1.05 bits per heavy atom. The maximum Gasteiger partial charge on any atom is 0.516 e. The molecule has 2 heterocycles. The summed E-state index contributed by atoms with van der Waals surface area (Å²) in [6, 6.07) is 45.3. The second kappa shape index (κ2) is 20.1. The van der Waals surface area contributed by atoms with E-state index in [-0.39, 0.29) is 55.8 Å². The lowest BCUT2D eigenvalue weighted by atomic mass is 9.79. The number of carbonyl (C=O) groups excluding carboxylic acids is 3. The molecule has 2 unspecified atom stereocenters. The van der Waals surface area contributed by atoms with Crippen molar-refractivity contribution in [1.29, 1.82) is 0 Å². The molecule has 0 saturated carbocycles. The molecule has 6 N–H and O–H groups in total. The zero-order chi connectivity index (χ0) is 60.3. The number of unbranched alkanes of at least 4 members (excludes halogenated alkanes) is 2. The summed E-state index contributed by atoms with van der Waals surface area (Å²) in [5, 5.41) is 27.8. The van der Waals surface area contributed by atoms with Gasteiger partial charge in [0.15, 0.2) is 11.3 Å². The number of Topliss-reactive ketones (excluding diaryl/α,β-unsaturated/α-hetero) is 1. The summed E-state index contributed by atoms with van der Waals surface area (Å²) in [7, 11) is -11.7. The second-order valence-electron chi connectivity index (χ2n) is 21.2. The standard InChI is InChI=1S/C62H46F6N6O10S2/c63-61(64,65)85(79,80)73-49(75)19-5-7-29-83-35-23-27-39-37-13-1-3-15-43(37)59(45(39)31-35)69-47-17-9-11-33-21-25-41(55(71-59)51(33)47)53-57(77)54(58(53)78)42-26-22-34-12-10-18-48-52(34)56(42)72-60(70-48)44-16-4-2-14-38(44)40-28-24-36(32-46(40)60)84-30-8-6-20-50(76)74-86(81,82)62(66,67)68/h1-4,9-18,21-28,31-32,69-71,77H,5-8,19-20,29-30H2,(H,73,75)(H,74,76). The minimum Gasteiger partial charge on any atom is -0.506 e. The first-order valence-electron chi connectivity index (χ1n) is 27.0. The molecule has 16 nitrogen and oxygen atoms in total. The number of sulfonamides is 2. The third kappa shape index (κ3) is 8.94. The van der Waals surface area contributed by atoms with Gasteiger partial charge < -0.3 is 30.5 Å². The van der Waals surface area contributed by atoms with Gasteiger partial charge in [-0.1, -0.05) is 109 Å². The number of aliphatic hydroxyl groups is 1. The highest BCUT2D eigenvalue weighted by atomic mass is 32.2. The predicted molar refractivity (Wildman–Crippen MR) is 308 cm³/mol. The highest BCUT2D eigenvalue weighted by molar-refractivity contribution is 7.91. The maximum absolute atomic E-state index is 15.3. The van der Waals surface area contributed by atoms with Gasteiger partial charge in [-0.15, -0.1) is 0 Å². The van der Waals surface area contributed by atoms with Crippen molar-refractivity contribution in [2.45, 2.75) is 60.9 Å². The van der Waals surface area contributed by atoms with Gasteiger partial charge in [0.1, 0.15) is 17.3 Å². The van der Waals surface area contributed by atoms with E-state index < -0.39 is 72.8 Å². The van der Waals surface area contributed by atoms with Crippen LogP contribution in [0.25, 0.3) is 54.9 Å². The van der Waals surface area contributed by atoms with Crippen LogP contribution in [0.5, 0.6) is 11.5 Å². The molecule has 2 atom stereocenters. The first-order valence-corrected chi connectivity index (χ1v) is 30.0. The molecule has 2 amide bonds. The highest BCUT2D eigenvalue weighted by Crippen LogP contribution is 2.57. The molecule has 8 aromatic carbocycles. The molecule has 3 aliphatic carbocycles. The monoisotopic (exact) mass is 1210 g/mol. The molecule has 438 valence electrons. The Bertz CT molecular complexity index is 4710. The van der Waals surface area contributed by atoms with Gasteiger partial charge in [0.2, 0.25) is 17.6 Å². The van der Waals surface area contributed by atoms with Gasteiger partial charge in [-0.25, -0.2) is 14.4 Å². The van der Waals surface area contributed by atoms with E-state index in [1.54, 1.807) is 24.3 Å². The molecule has 0 radical (unpaired) electrons. The summed E-state index contributed by atoms with van der Waals surface area (Å²) >= 11 is 0. The number of ketones is 1. The van der Waals surface area contributed by atoms with E-state index in [0.29, 0.717) is 50.0 Å². The lowest BCUT2D eigenvalue weighted by molar-refractivity contribution is -0.120. The largest absolute Gasteiger partial charge is 0.516 e. The van der Waals surface area contributed by atoms with Crippen LogP contribution in [0.3, 0.4) is 0 Å². The van der Waals surface area contributed by atoms with E-state index >= 15 is 4.79 Å². The number of halogens is 6. The number of ether oxygens (including phenoxy) is 2. The Hall–Kier alpha value is -9.42. The molecule has 0 fully saturated rings. The SMILES string of the molecule is O=C(CCCCOc1ccc2c(c1)C1(N=c3c(=C4C(=O)C(c5ccc6cccc7c6c5NC5(N7)c6ccccc6-c6ccc(OCCCCC(=O)NS(=O)(=O)C(F)(F)F)cc65)=C4O)ccc4cccc(c34)N1)c1ccccc1-2)NS(=O)(=O)C(F)(F)F. The molecule has 0 aromatic heterocycles. The third-order valence-electron chi connectivity index (χ3n) is 16.0. The Morgan fingerprint density at radius 1 is 0.535 bits per heavy atom. The van der Waals surface area contributed by atoms with Crippen molar-refractivity contribution < 1.29 is 72.1 Å². The number of amides is 2. The first kappa shape index (κ1) is 55.8. The third-order valence-corrected chi connectivity index (χ3v) is 18.2. The van der Waals surface area contributed by atoms with Crippen LogP contribution in [0.4, 0.5) is 43.4 Å². The molecule has 0 bridgehead atoms. The van der Waals surface area contributed by atoms with Crippen molar-refractivity contribution in [2.75, 3.05) is 29.2 Å². The lowest BCUT2D eigenvalue weighted by Gasteiger charge is -2.41. The molecule has 24 heteroatoms. The van der Waals surface area contributed by atoms with Crippen molar-refractivity contribution in [1.82, 2.24) is 9.44 Å². The minimum absolute atomic E-state index is 0.0273. The zero-order valence-electron chi connectivity index (χ0n) is 44.7.